The van der Waals surface area contributed by atoms with Crippen molar-refractivity contribution < 1.29 is 14.7 Å². The molecule has 2 aromatic rings. The highest BCUT2D eigenvalue weighted by Crippen LogP contribution is 2.15. The second-order valence-corrected chi connectivity index (χ2v) is 5.96. The first kappa shape index (κ1) is 16.2. The van der Waals surface area contributed by atoms with Crippen molar-refractivity contribution in [3.8, 4) is 0 Å². The van der Waals surface area contributed by atoms with E-state index in [2.05, 4.69) is 10.6 Å². The van der Waals surface area contributed by atoms with Gasteiger partial charge in [-0.05, 0) is 35.6 Å². The second kappa shape index (κ2) is 7.72. The Balaban J connectivity index is 2.00. The van der Waals surface area contributed by atoms with Crippen molar-refractivity contribution in [1.29, 1.82) is 0 Å². The SMILES string of the molecule is CC(CO)CNC(=O)c1cccc(NC(=O)c2cccs2)c1. The predicted octanol–water partition coefficient (Wildman–Crippen LogP) is 2.36. The van der Waals surface area contributed by atoms with E-state index < -0.39 is 0 Å². The van der Waals surface area contributed by atoms with E-state index in [1.54, 1.807) is 30.3 Å². The molecule has 1 aromatic heterocycles. The van der Waals surface area contributed by atoms with Gasteiger partial charge in [0.15, 0.2) is 0 Å². The fourth-order valence-electron chi connectivity index (χ4n) is 1.77. The van der Waals surface area contributed by atoms with Gasteiger partial charge in [-0.1, -0.05) is 19.1 Å². The number of rotatable bonds is 6. The average Bonchev–Trinajstić information content (AvgIpc) is 3.07. The number of thiophene rings is 1. The molecule has 0 aliphatic carbocycles. The predicted molar refractivity (Wildman–Crippen MR) is 87.3 cm³/mol. The van der Waals surface area contributed by atoms with Crippen LogP contribution < -0.4 is 10.6 Å². The fourth-order valence-corrected chi connectivity index (χ4v) is 2.39. The van der Waals surface area contributed by atoms with Crippen molar-refractivity contribution >= 4 is 28.8 Å². The summed E-state index contributed by atoms with van der Waals surface area (Å²) in [5, 5.41) is 16.3. The maximum atomic E-state index is 12.0. The van der Waals surface area contributed by atoms with Crippen molar-refractivity contribution in [2.24, 2.45) is 5.92 Å². The monoisotopic (exact) mass is 318 g/mol. The summed E-state index contributed by atoms with van der Waals surface area (Å²) in [5.74, 6) is -0.417. The van der Waals surface area contributed by atoms with Crippen LogP contribution in [0.4, 0.5) is 5.69 Å². The first-order valence-corrected chi connectivity index (χ1v) is 7.82. The van der Waals surface area contributed by atoms with Crippen LogP contribution in [0.25, 0.3) is 0 Å². The number of hydrogen-bond acceptors (Lipinski definition) is 4. The highest BCUT2D eigenvalue weighted by Gasteiger charge is 2.10. The van der Waals surface area contributed by atoms with E-state index in [-0.39, 0.29) is 24.3 Å². The van der Waals surface area contributed by atoms with Gasteiger partial charge in [-0.25, -0.2) is 0 Å². The molecule has 1 atom stereocenters. The normalized spacial score (nSPS) is 11.7. The summed E-state index contributed by atoms with van der Waals surface area (Å²) in [5.41, 5.74) is 1.04. The van der Waals surface area contributed by atoms with Gasteiger partial charge < -0.3 is 15.7 Å². The topological polar surface area (TPSA) is 78.4 Å². The highest BCUT2D eigenvalue weighted by molar-refractivity contribution is 7.12. The number of carbonyl (C=O) groups is 2. The number of benzene rings is 1. The third-order valence-electron chi connectivity index (χ3n) is 3.05. The Bertz CT molecular complexity index is 641. The van der Waals surface area contributed by atoms with Crippen LogP contribution in [0.3, 0.4) is 0 Å². The summed E-state index contributed by atoms with van der Waals surface area (Å²) >= 11 is 1.36. The molecule has 0 fully saturated rings. The van der Waals surface area contributed by atoms with E-state index in [1.165, 1.54) is 11.3 Å². The van der Waals surface area contributed by atoms with Gasteiger partial charge in [0.2, 0.25) is 0 Å². The number of anilines is 1. The van der Waals surface area contributed by atoms with E-state index in [1.807, 2.05) is 18.4 Å². The van der Waals surface area contributed by atoms with Crippen LogP contribution in [-0.4, -0.2) is 30.1 Å². The van der Waals surface area contributed by atoms with Crippen LogP contribution in [-0.2, 0) is 0 Å². The number of aliphatic hydroxyl groups is 1. The number of carbonyl (C=O) groups excluding carboxylic acids is 2. The van der Waals surface area contributed by atoms with E-state index in [9.17, 15) is 9.59 Å². The third kappa shape index (κ3) is 4.41. The molecule has 2 rings (SSSR count). The van der Waals surface area contributed by atoms with Crippen LogP contribution in [0, 0.1) is 5.92 Å². The summed E-state index contributed by atoms with van der Waals surface area (Å²) in [4.78, 5) is 24.6. The zero-order valence-electron chi connectivity index (χ0n) is 12.2. The van der Waals surface area contributed by atoms with Crippen molar-refractivity contribution in [2.45, 2.75) is 6.92 Å². The number of hydrogen-bond donors (Lipinski definition) is 3. The van der Waals surface area contributed by atoms with E-state index in [4.69, 9.17) is 5.11 Å². The number of aliphatic hydroxyl groups excluding tert-OH is 1. The Kier molecular flexibility index (Phi) is 5.68. The lowest BCUT2D eigenvalue weighted by Crippen LogP contribution is -2.29. The molecule has 0 saturated heterocycles. The minimum absolute atomic E-state index is 0.00524. The largest absolute Gasteiger partial charge is 0.396 e. The zero-order chi connectivity index (χ0) is 15.9. The molecular weight excluding hydrogens is 300 g/mol. The standard InChI is InChI=1S/C16H18N2O3S/c1-11(10-19)9-17-15(20)12-4-2-5-13(8-12)18-16(21)14-6-3-7-22-14/h2-8,11,19H,9-10H2,1H3,(H,17,20)(H,18,21). The van der Waals surface area contributed by atoms with Crippen LogP contribution in [0.2, 0.25) is 0 Å². The molecule has 22 heavy (non-hydrogen) atoms. The summed E-state index contributed by atoms with van der Waals surface area (Å²) in [6.07, 6.45) is 0. The second-order valence-electron chi connectivity index (χ2n) is 5.01. The Morgan fingerprint density at radius 2 is 2.05 bits per heavy atom. The molecule has 1 unspecified atom stereocenters. The van der Waals surface area contributed by atoms with Gasteiger partial charge in [0.25, 0.3) is 11.8 Å². The average molecular weight is 318 g/mol. The van der Waals surface area contributed by atoms with E-state index in [0.717, 1.165) is 0 Å². The molecule has 0 saturated carbocycles. The van der Waals surface area contributed by atoms with E-state index in [0.29, 0.717) is 22.7 Å². The number of nitrogens with one attached hydrogen (secondary N) is 2. The van der Waals surface area contributed by atoms with Crippen molar-refractivity contribution in [3.05, 3.63) is 52.2 Å². The van der Waals surface area contributed by atoms with Gasteiger partial charge in [0.05, 0.1) is 4.88 Å². The quantitative estimate of drug-likeness (QED) is 0.765. The van der Waals surface area contributed by atoms with Crippen LogP contribution >= 0.6 is 11.3 Å². The van der Waals surface area contributed by atoms with Crippen molar-refractivity contribution in [1.82, 2.24) is 5.32 Å². The maximum absolute atomic E-state index is 12.0. The minimum atomic E-state index is -0.229. The Hall–Kier alpha value is -2.18. The van der Waals surface area contributed by atoms with Crippen LogP contribution in [0.15, 0.2) is 41.8 Å². The Morgan fingerprint density at radius 3 is 2.73 bits per heavy atom. The summed E-state index contributed by atoms with van der Waals surface area (Å²) in [6, 6.07) is 10.3. The minimum Gasteiger partial charge on any atom is -0.396 e. The molecule has 0 aliphatic heterocycles. The summed E-state index contributed by atoms with van der Waals surface area (Å²) < 4.78 is 0. The van der Waals surface area contributed by atoms with Crippen molar-refractivity contribution in [2.75, 3.05) is 18.5 Å². The van der Waals surface area contributed by atoms with Gasteiger partial charge in [0.1, 0.15) is 0 Å². The summed E-state index contributed by atoms with van der Waals surface area (Å²) in [7, 11) is 0. The fraction of sp³-hybridized carbons (Fsp3) is 0.250. The zero-order valence-corrected chi connectivity index (χ0v) is 13.0. The first-order chi connectivity index (χ1) is 10.6. The molecule has 1 heterocycles. The molecule has 116 valence electrons. The van der Waals surface area contributed by atoms with Gasteiger partial charge in [-0.2, -0.15) is 0 Å². The van der Waals surface area contributed by atoms with E-state index >= 15 is 0 Å². The molecule has 0 aliphatic rings. The molecule has 6 heteroatoms. The molecule has 1 aromatic carbocycles. The van der Waals surface area contributed by atoms with Gasteiger partial charge >= 0.3 is 0 Å². The molecule has 3 N–H and O–H groups in total. The lowest BCUT2D eigenvalue weighted by atomic mass is 10.1. The van der Waals surface area contributed by atoms with Crippen LogP contribution in [0.5, 0.6) is 0 Å². The Morgan fingerprint density at radius 1 is 1.23 bits per heavy atom. The van der Waals surface area contributed by atoms with Gasteiger partial charge in [-0.3, -0.25) is 9.59 Å². The lowest BCUT2D eigenvalue weighted by molar-refractivity contribution is 0.0941. The molecule has 0 radical (unpaired) electrons. The third-order valence-corrected chi connectivity index (χ3v) is 3.92. The maximum Gasteiger partial charge on any atom is 0.265 e. The molecule has 0 spiro atoms. The molecule has 0 bridgehead atoms. The highest BCUT2D eigenvalue weighted by atomic mass is 32.1. The first-order valence-electron chi connectivity index (χ1n) is 6.94. The van der Waals surface area contributed by atoms with Crippen LogP contribution in [0.1, 0.15) is 27.0 Å². The number of amides is 2. The van der Waals surface area contributed by atoms with Gasteiger partial charge in [-0.15, -0.1) is 11.3 Å². The molecule has 2 amide bonds. The molecular formula is C16H18N2O3S. The Labute approximate surface area is 133 Å². The lowest BCUT2D eigenvalue weighted by Gasteiger charge is -2.10. The van der Waals surface area contributed by atoms with Crippen molar-refractivity contribution in [3.63, 3.8) is 0 Å². The smallest absolute Gasteiger partial charge is 0.265 e. The van der Waals surface area contributed by atoms with Gasteiger partial charge in [0, 0.05) is 24.4 Å². The molecule has 5 nitrogen and oxygen atoms in total. The summed E-state index contributed by atoms with van der Waals surface area (Å²) in [6.45, 7) is 2.27.